The molecule has 1 aromatic carbocycles. The van der Waals surface area contributed by atoms with Gasteiger partial charge in [-0.3, -0.25) is 4.79 Å². The molecule has 1 amide bonds. The van der Waals surface area contributed by atoms with Crippen LogP contribution in [0.15, 0.2) is 42.7 Å². The lowest BCUT2D eigenvalue weighted by Gasteiger charge is -2.34. The first kappa shape index (κ1) is 18.5. The van der Waals surface area contributed by atoms with Crippen molar-refractivity contribution in [3.63, 3.8) is 0 Å². The lowest BCUT2D eigenvalue weighted by Crippen LogP contribution is -2.41. The molecule has 1 aliphatic heterocycles. The molecule has 0 radical (unpaired) electrons. The molecule has 0 saturated carbocycles. The molecule has 0 spiro atoms. The normalized spacial score (nSPS) is 18.6. The van der Waals surface area contributed by atoms with E-state index in [1.54, 1.807) is 0 Å². The van der Waals surface area contributed by atoms with Gasteiger partial charge in [0.1, 0.15) is 12.0 Å². The van der Waals surface area contributed by atoms with Crippen LogP contribution in [0.2, 0.25) is 0 Å². The van der Waals surface area contributed by atoms with Gasteiger partial charge >= 0.3 is 0 Å². The van der Waals surface area contributed by atoms with E-state index in [4.69, 9.17) is 0 Å². The number of benzene rings is 1. The molecule has 3 aromatic rings. The van der Waals surface area contributed by atoms with Crippen molar-refractivity contribution >= 4 is 11.7 Å². The Morgan fingerprint density at radius 1 is 1.25 bits per heavy atom. The van der Waals surface area contributed by atoms with Crippen molar-refractivity contribution in [3.8, 4) is 0 Å². The highest BCUT2D eigenvalue weighted by Crippen LogP contribution is 2.30. The maximum absolute atomic E-state index is 13.4. The number of carbonyl (C=O) groups excluding carboxylic acids is 1. The molecule has 0 N–H and O–H groups in total. The van der Waals surface area contributed by atoms with Crippen molar-refractivity contribution in [2.24, 2.45) is 0 Å². The summed E-state index contributed by atoms with van der Waals surface area (Å²) in [5, 5.41) is 3.82. The Morgan fingerprint density at radius 2 is 2.04 bits per heavy atom. The second kappa shape index (κ2) is 7.61. The first-order chi connectivity index (χ1) is 13.5. The Balaban J connectivity index is 1.57. The fraction of sp³-hybridized carbons (Fsp3) is 0.400. The molecule has 6 nitrogen and oxygen atoms in total. The van der Waals surface area contributed by atoms with Gasteiger partial charge in [-0.2, -0.15) is 14.6 Å². The molecule has 2 aromatic heterocycles. The number of piperidine rings is 1. The summed E-state index contributed by atoms with van der Waals surface area (Å²) >= 11 is 0. The third-order valence-electron chi connectivity index (χ3n) is 5.34. The lowest BCUT2D eigenvalue weighted by atomic mass is 9.92. The van der Waals surface area contributed by atoms with Crippen molar-refractivity contribution in [1.82, 2.24) is 24.5 Å². The van der Waals surface area contributed by atoms with Gasteiger partial charge in [0.05, 0.1) is 11.6 Å². The highest BCUT2D eigenvalue weighted by Gasteiger charge is 2.30. The predicted octanol–water partition coefficient (Wildman–Crippen LogP) is 3.57. The van der Waals surface area contributed by atoms with Crippen LogP contribution in [0.4, 0.5) is 8.78 Å². The van der Waals surface area contributed by atoms with Crippen molar-refractivity contribution in [2.75, 3.05) is 13.1 Å². The molecular formula is C20H21F2N5O. The lowest BCUT2D eigenvalue weighted by molar-refractivity contribution is -0.133. The highest BCUT2D eigenvalue weighted by atomic mass is 19.3. The molecule has 146 valence electrons. The molecule has 8 heteroatoms. The van der Waals surface area contributed by atoms with Crippen LogP contribution in [-0.4, -0.2) is 43.5 Å². The van der Waals surface area contributed by atoms with Crippen LogP contribution in [0.25, 0.3) is 5.78 Å². The Hall–Kier alpha value is -2.90. The minimum atomic E-state index is -2.68. The SMILES string of the molecule is C[C@@H](C(=O)N1CCC[C@H](c2cc(C(F)F)n3ncnc3n2)C1)c1ccccc1. The van der Waals surface area contributed by atoms with E-state index < -0.39 is 6.43 Å². The summed E-state index contributed by atoms with van der Waals surface area (Å²) in [5.41, 5.74) is 1.29. The minimum absolute atomic E-state index is 0.0496. The quantitative estimate of drug-likeness (QED) is 0.689. The van der Waals surface area contributed by atoms with Gasteiger partial charge in [0.15, 0.2) is 0 Å². The van der Waals surface area contributed by atoms with Crippen molar-refractivity contribution in [3.05, 3.63) is 59.7 Å². The van der Waals surface area contributed by atoms with E-state index in [1.165, 1.54) is 12.4 Å². The fourth-order valence-electron chi connectivity index (χ4n) is 3.80. The molecule has 0 aliphatic carbocycles. The van der Waals surface area contributed by atoms with Crippen LogP contribution in [0, 0.1) is 0 Å². The van der Waals surface area contributed by atoms with Gasteiger partial charge in [-0.1, -0.05) is 30.3 Å². The standard InChI is InChI=1S/C20H21F2N5O/c1-13(14-6-3-2-4-7-14)19(28)26-9-5-8-15(11-26)16-10-17(18(21)22)27-20(25-16)23-12-24-27/h2-4,6-7,10,12-13,15,18H,5,8-9,11H2,1H3/t13-,15+/m1/s1. The van der Waals surface area contributed by atoms with Crippen LogP contribution < -0.4 is 0 Å². The first-order valence-electron chi connectivity index (χ1n) is 9.37. The van der Waals surface area contributed by atoms with Crippen molar-refractivity contribution < 1.29 is 13.6 Å². The average Bonchev–Trinajstić information content (AvgIpc) is 3.21. The monoisotopic (exact) mass is 385 g/mol. The molecule has 28 heavy (non-hydrogen) atoms. The zero-order valence-electron chi connectivity index (χ0n) is 15.5. The van der Waals surface area contributed by atoms with Gasteiger partial charge in [-0.25, -0.2) is 13.8 Å². The van der Waals surface area contributed by atoms with Gasteiger partial charge in [-0.05, 0) is 31.4 Å². The van der Waals surface area contributed by atoms with Crippen molar-refractivity contribution in [1.29, 1.82) is 0 Å². The molecule has 1 saturated heterocycles. The number of aromatic nitrogens is 4. The number of nitrogens with zero attached hydrogens (tertiary/aromatic N) is 5. The zero-order chi connectivity index (χ0) is 19.7. The Kier molecular flexibility index (Phi) is 5.02. The molecule has 2 atom stereocenters. The molecule has 3 heterocycles. The molecule has 1 fully saturated rings. The van der Waals surface area contributed by atoms with Crippen LogP contribution in [0.3, 0.4) is 0 Å². The maximum atomic E-state index is 13.4. The summed E-state index contributed by atoms with van der Waals surface area (Å²) in [6, 6.07) is 11.0. The summed E-state index contributed by atoms with van der Waals surface area (Å²) in [4.78, 5) is 23.2. The van der Waals surface area contributed by atoms with E-state index in [-0.39, 0.29) is 29.2 Å². The zero-order valence-corrected chi connectivity index (χ0v) is 15.5. The molecular weight excluding hydrogens is 364 g/mol. The maximum Gasteiger partial charge on any atom is 0.280 e. The van der Waals surface area contributed by atoms with E-state index in [2.05, 4.69) is 15.1 Å². The van der Waals surface area contributed by atoms with E-state index in [0.29, 0.717) is 18.8 Å². The average molecular weight is 385 g/mol. The summed E-state index contributed by atoms with van der Waals surface area (Å²) in [5.74, 6) is -0.133. The summed E-state index contributed by atoms with van der Waals surface area (Å²) in [6.07, 6.45) is 0.145. The third kappa shape index (κ3) is 3.46. The number of hydrogen-bond acceptors (Lipinski definition) is 4. The number of likely N-dealkylation sites (tertiary alicyclic amines) is 1. The first-order valence-corrected chi connectivity index (χ1v) is 9.37. The molecule has 4 rings (SSSR count). The fourth-order valence-corrected chi connectivity index (χ4v) is 3.80. The third-order valence-corrected chi connectivity index (χ3v) is 5.34. The summed E-state index contributed by atoms with van der Waals surface area (Å²) in [7, 11) is 0. The number of hydrogen-bond donors (Lipinski definition) is 0. The van der Waals surface area contributed by atoms with Gasteiger partial charge in [-0.15, -0.1) is 0 Å². The largest absolute Gasteiger partial charge is 0.342 e. The topological polar surface area (TPSA) is 63.4 Å². The number of alkyl halides is 2. The van der Waals surface area contributed by atoms with E-state index in [0.717, 1.165) is 22.9 Å². The van der Waals surface area contributed by atoms with Gasteiger partial charge in [0, 0.05) is 19.0 Å². The second-order valence-corrected chi connectivity index (χ2v) is 7.13. The molecule has 0 unspecified atom stereocenters. The van der Waals surface area contributed by atoms with Gasteiger partial charge in [0.2, 0.25) is 5.91 Å². The number of carbonyl (C=O) groups is 1. The Labute approximate surface area is 161 Å². The van der Waals surface area contributed by atoms with Crippen molar-refractivity contribution in [2.45, 2.75) is 38.0 Å². The number of halogens is 2. The Bertz CT molecular complexity index is 975. The molecule has 0 bridgehead atoms. The van der Waals surface area contributed by atoms with E-state index >= 15 is 0 Å². The number of amides is 1. The highest BCUT2D eigenvalue weighted by molar-refractivity contribution is 5.83. The predicted molar refractivity (Wildman–Crippen MR) is 99.2 cm³/mol. The van der Waals surface area contributed by atoms with Crippen LogP contribution in [-0.2, 0) is 4.79 Å². The number of fused-ring (bicyclic) bond motifs is 1. The minimum Gasteiger partial charge on any atom is -0.342 e. The summed E-state index contributed by atoms with van der Waals surface area (Å²) in [6.45, 7) is 3.04. The van der Waals surface area contributed by atoms with Gasteiger partial charge in [0.25, 0.3) is 12.2 Å². The van der Waals surface area contributed by atoms with E-state index in [1.807, 2.05) is 42.2 Å². The Morgan fingerprint density at radius 3 is 2.79 bits per heavy atom. The smallest absolute Gasteiger partial charge is 0.280 e. The van der Waals surface area contributed by atoms with Crippen LogP contribution >= 0.6 is 0 Å². The molecule has 1 aliphatic rings. The second-order valence-electron chi connectivity index (χ2n) is 7.13. The van der Waals surface area contributed by atoms with Gasteiger partial charge < -0.3 is 4.90 Å². The summed E-state index contributed by atoms with van der Waals surface area (Å²) < 4.78 is 27.9. The van der Waals surface area contributed by atoms with Crippen LogP contribution in [0.5, 0.6) is 0 Å². The van der Waals surface area contributed by atoms with Crippen LogP contribution in [0.1, 0.15) is 55.0 Å². The number of rotatable bonds is 4. The van der Waals surface area contributed by atoms with E-state index in [9.17, 15) is 13.6 Å².